The molecule has 0 saturated heterocycles. The van der Waals surface area contributed by atoms with E-state index < -0.39 is 20.7 Å². The maximum atomic E-state index is 13.7. The van der Waals surface area contributed by atoms with Crippen molar-refractivity contribution >= 4 is 48.3 Å². The van der Waals surface area contributed by atoms with Crippen molar-refractivity contribution in [2.45, 2.75) is 11.8 Å². The standard InChI is InChI=1S/C9H8BrFN4O2S2/c1-4-13-9(18-14-4)15-19(16,17)8-3-7(12)5(10)2-6(8)11/h2-3H,12H2,1H3,(H,13,14,15). The van der Waals surface area contributed by atoms with Crippen LogP contribution >= 0.6 is 27.5 Å². The summed E-state index contributed by atoms with van der Waals surface area (Å²) in [6, 6.07) is 2.03. The molecule has 1 aromatic carbocycles. The molecule has 6 nitrogen and oxygen atoms in total. The number of anilines is 2. The quantitative estimate of drug-likeness (QED) is 0.810. The van der Waals surface area contributed by atoms with E-state index in [2.05, 4.69) is 30.0 Å². The minimum absolute atomic E-state index is 0.0680. The fourth-order valence-corrected chi connectivity index (χ4v) is 3.47. The van der Waals surface area contributed by atoms with Gasteiger partial charge >= 0.3 is 0 Å². The van der Waals surface area contributed by atoms with Crippen molar-refractivity contribution in [1.82, 2.24) is 9.36 Å². The fraction of sp³-hybridized carbons (Fsp3) is 0.111. The van der Waals surface area contributed by atoms with E-state index in [1.165, 1.54) is 0 Å². The summed E-state index contributed by atoms with van der Waals surface area (Å²) in [7, 11) is -4.09. The zero-order valence-corrected chi connectivity index (χ0v) is 12.7. The first-order chi connectivity index (χ1) is 8.79. The summed E-state index contributed by atoms with van der Waals surface area (Å²) < 4.78 is 44.0. The van der Waals surface area contributed by atoms with E-state index in [0.29, 0.717) is 5.82 Å². The summed E-state index contributed by atoms with van der Waals surface area (Å²) in [5.74, 6) is -0.478. The highest BCUT2D eigenvalue weighted by atomic mass is 79.9. The van der Waals surface area contributed by atoms with Gasteiger partial charge in [-0.3, -0.25) is 4.72 Å². The van der Waals surface area contributed by atoms with E-state index in [4.69, 9.17) is 5.73 Å². The fourth-order valence-electron chi connectivity index (χ4n) is 1.26. The molecule has 0 saturated carbocycles. The Hall–Kier alpha value is -1.26. The van der Waals surface area contributed by atoms with Crippen LogP contribution in [0.25, 0.3) is 0 Å². The number of hydrogen-bond donors (Lipinski definition) is 2. The molecule has 0 amide bonds. The Bertz CT molecular complexity index is 732. The molecular formula is C9H8BrFN4O2S2. The van der Waals surface area contributed by atoms with Gasteiger partial charge in [-0.15, -0.1) is 0 Å². The van der Waals surface area contributed by atoms with Crippen LogP contribution in [0.1, 0.15) is 5.82 Å². The number of rotatable bonds is 3. The number of nitrogen functional groups attached to an aromatic ring is 1. The topological polar surface area (TPSA) is 98.0 Å². The third-order valence-electron chi connectivity index (χ3n) is 2.09. The van der Waals surface area contributed by atoms with Gasteiger partial charge in [0.1, 0.15) is 16.5 Å². The van der Waals surface area contributed by atoms with E-state index >= 15 is 0 Å². The molecule has 3 N–H and O–H groups in total. The Morgan fingerprint density at radius 3 is 2.74 bits per heavy atom. The molecule has 2 aromatic rings. The molecule has 19 heavy (non-hydrogen) atoms. The van der Waals surface area contributed by atoms with Crippen LogP contribution in [0.4, 0.5) is 15.2 Å². The van der Waals surface area contributed by atoms with Crippen LogP contribution in [0, 0.1) is 12.7 Å². The van der Waals surface area contributed by atoms with Gasteiger partial charge in [-0.25, -0.2) is 17.8 Å². The second-order valence-electron chi connectivity index (χ2n) is 3.56. The largest absolute Gasteiger partial charge is 0.398 e. The van der Waals surface area contributed by atoms with Gasteiger partial charge in [-0.05, 0) is 35.0 Å². The number of aryl methyl sites for hydroxylation is 1. The predicted octanol–water partition coefficient (Wildman–Crippen LogP) is 2.13. The van der Waals surface area contributed by atoms with Crippen molar-refractivity contribution in [2.75, 3.05) is 10.5 Å². The van der Waals surface area contributed by atoms with E-state index in [1.807, 2.05) is 0 Å². The second-order valence-corrected chi connectivity index (χ2v) is 6.81. The lowest BCUT2D eigenvalue weighted by Gasteiger charge is -2.08. The van der Waals surface area contributed by atoms with Crippen molar-refractivity contribution in [2.24, 2.45) is 0 Å². The molecule has 0 spiro atoms. The van der Waals surface area contributed by atoms with Gasteiger partial charge in [0.25, 0.3) is 10.0 Å². The lowest BCUT2D eigenvalue weighted by atomic mass is 10.3. The van der Waals surface area contributed by atoms with E-state index in [1.54, 1.807) is 6.92 Å². The van der Waals surface area contributed by atoms with Crippen LogP contribution < -0.4 is 10.5 Å². The van der Waals surface area contributed by atoms with Crippen LogP contribution in [0.15, 0.2) is 21.5 Å². The number of hydrogen-bond acceptors (Lipinski definition) is 6. The molecule has 2 rings (SSSR count). The van der Waals surface area contributed by atoms with E-state index in [-0.39, 0.29) is 15.3 Å². The summed E-state index contributed by atoms with van der Waals surface area (Å²) in [6.45, 7) is 1.62. The summed E-state index contributed by atoms with van der Waals surface area (Å²) >= 11 is 3.89. The Kier molecular flexibility index (Phi) is 3.74. The number of aromatic nitrogens is 2. The van der Waals surface area contributed by atoms with Crippen molar-refractivity contribution < 1.29 is 12.8 Å². The van der Waals surface area contributed by atoms with Crippen LogP contribution in [-0.4, -0.2) is 17.8 Å². The Labute approximate surface area is 121 Å². The summed E-state index contributed by atoms with van der Waals surface area (Å²) in [6.07, 6.45) is 0. The van der Waals surface area contributed by atoms with Gasteiger partial charge in [0.2, 0.25) is 5.13 Å². The smallest absolute Gasteiger partial charge is 0.266 e. The SMILES string of the molecule is Cc1nsc(NS(=O)(=O)c2cc(N)c(Br)cc2F)n1. The van der Waals surface area contributed by atoms with Gasteiger partial charge in [0.05, 0.1) is 0 Å². The van der Waals surface area contributed by atoms with Gasteiger partial charge in [-0.1, -0.05) is 0 Å². The Morgan fingerprint density at radius 2 is 2.16 bits per heavy atom. The highest BCUT2D eigenvalue weighted by Gasteiger charge is 2.22. The van der Waals surface area contributed by atoms with Crippen LogP contribution in [0.3, 0.4) is 0 Å². The van der Waals surface area contributed by atoms with Crippen molar-refractivity contribution in [3.05, 3.63) is 28.2 Å². The zero-order valence-electron chi connectivity index (χ0n) is 9.52. The molecule has 0 aliphatic carbocycles. The molecule has 0 aliphatic heterocycles. The number of halogens is 2. The first kappa shape index (κ1) is 14.2. The summed E-state index contributed by atoms with van der Waals surface area (Å²) in [4.78, 5) is 3.30. The normalized spacial score (nSPS) is 11.5. The van der Waals surface area contributed by atoms with Crippen LogP contribution in [-0.2, 0) is 10.0 Å². The number of nitrogens with one attached hydrogen (secondary N) is 1. The van der Waals surface area contributed by atoms with E-state index in [0.717, 1.165) is 23.7 Å². The van der Waals surface area contributed by atoms with Crippen molar-refractivity contribution in [1.29, 1.82) is 0 Å². The molecule has 0 bridgehead atoms. The number of nitrogens with zero attached hydrogens (tertiary/aromatic N) is 2. The average molecular weight is 367 g/mol. The highest BCUT2D eigenvalue weighted by Crippen LogP contribution is 2.27. The summed E-state index contributed by atoms with van der Waals surface area (Å²) in [5, 5.41) is 0.0680. The van der Waals surface area contributed by atoms with Gasteiger partial charge in [-0.2, -0.15) is 4.37 Å². The number of benzene rings is 1. The number of sulfonamides is 1. The zero-order chi connectivity index (χ0) is 14.2. The van der Waals surface area contributed by atoms with Crippen molar-refractivity contribution in [3.8, 4) is 0 Å². The van der Waals surface area contributed by atoms with Gasteiger partial charge < -0.3 is 5.73 Å². The third kappa shape index (κ3) is 3.01. The first-order valence-corrected chi connectivity index (χ1v) is 7.92. The predicted molar refractivity (Wildman–Crippen MR) is 74.0 cm³/mol. The third-order valence-corrected chi connectivity index (χ3v) is 4.98. The minimum Gasteiger partial charge on any atom is -0.398 e. The molecule has 0 aliphatic rings. The Morgan fingerprint density at radius 1 is 1.47 bits per heavy atom. The molecule has 1 aromatic heterocycles. The monoisotopic (exact) mass is 366 g/mol. The molecule has 0 fully saturated rings. The molecule has 0 unspecified atom stereocenters. The minimum atomic E-state index is -4.09. The lowest BCUT2D eigenvalue weighted by molar-refractivity contribution is 0.570. The Balaban J connectivity index is 2.42. The van der Waals surface area contributed by atoms with Crippen molar-refractivity contribution in [3.63, 3.8) is 0 Å². The average Bonchev–Trinajstić information content (AvgIpc) is 2.68. The number of nitrogens with two attached hydrogens (primary N) is 1. The first-order valence-electron chi connectivity index (χ1n) is 4.87. The molecule has 102 valence electrons. The molecule has 10 heteroatoms. The summed E-state index contributed by atoms with van der Waals surface area (Å²) in [5.41, 5.74) is 5.67. The maximum Gasteiger partial charge on any atom is 0.266 e. The molecule has 0 radical (unpaired) electrons. The van der Waals surface area contributed by atoms with Gasteiger partial charge in [0.15, 0.2) is 0 Å². The molecular weight excluding hydrogens is 359 g/mol. The van der Waals surface area contributed by atoms with Gasteiger partial charge in [0, 0.05) is 21.7 Å². The lowest BCUT2D eigenvalue weighted by Crippen LogP contribution is -2.15. The molecule has 0 atom stereocenters. The highest BCUT2D eigenvalue weighted by molar-refractivity contribution is 9.10. The second kappa shape index (κ2) is 5.02. The van der Waals surface area contributed by atoms with Crippen LogP contribution in [0.5, 0.6) is 0 Å². The van der Waals surface area contributed by atoms with E-state index in [9.17, 15) is 12.8 Å². The maximum absolute atomic E-state index is 13.7. The molecule has 1 heterocycles. The van der Waals surface area contributed by atoms with Crippen LogP contribution in [0.2, 0.25) is 0 Å².